The maximum absolute atomic E-state index is 13.6. The van der Waals surface area contributed by atoms with E-state index in [1.165, 1.54) is 22.8 Å². The summed E-state index contributed by atoms with van der Waals surface area (Å²) in [5, 5.41) is 15.7. The first-order valence-electron chi connectivity index (χ1n) is 9.43. The molecule has 154 valence electrons. The van der Waals surface area contributed by atoms with E-state index in [0.717, 1.165) is 40.5 Å². The van der Waals surface area contributed by atoms with Gasteiger partial charge in [0.05, 0.1) is 10.6 Å². The van der Waals surface area contributed by atoms with Gasteiger partial charge in [-0.3, -0.25) is 10.2 Å². The number of hydrogen-bond donors (Lipinski definition) is 1. The van der Waals surface area contributed by atoms with Crippen LogP contribution < -0.4 is 0 Å². The van der Waals surface area contributed by atoms with Gasteiger partial charge in [-0.1, -0.05) is 18.5 Å². The quantitative estimate of drug-likeness (QED) is 0.651. The number of aryl methyl sites for hydroxylation is 1. The zero-order chi connectivity index (χ0) is 21.6. The summed E-state index contributed by atoms with van der Waals surface area (Å²) in [6.45, 7) is 5.86. The molecule has 0 fully saturated rings. The lowest BCUT2D eigenvalue weighted by molar-refractivity contribution is -0.114. The molecule has 0 bridgehead atoms. The number of carbonyl (C=O) groups is 1. The number of hydrazone groups is 1. The number of benzene rings is 1. The minimum Gasteiger partial charge on any atom is -0.318 e. The van der Waals surface area contributed by atoms with Crippen molar-refractivity contribution < 1.29 is 9.18 Å². The van der Waals surface area contributed by atoms with Crippen molar-refractivity contribution in [1.82, 2.24) is 9.58 Å². The van der Waals surface area contributed by atoms with Crippen molar-refractivity contribution in [1.29, 1.82) is 5.41 Å². The number of nitrogens with one attached hydrogen (secondary N) is 1. The van der Waals surface area contributed by atoms with E-state index in [4.69, 9.17) is 17.0 Å². The van der Waals surface area contributed by atoms with Gasteiger partial charge in [0.15, 0.2) is 5.84 Å². The minimum absolute atomic E-state index is 0.0123. The third-order valence-corrected chi connectivity index (χ3v) is 6.15. The number of fused-ring (bicyclic) bond motifs is 1. The first-order chi connectivity index (χ1) is 14.3. The summed E-state index contributed by atoms with van der Waals surface area (Å²) in [4.78, 5) is 16.7. The molecule has 0 unspecified atom stereocenters. The van der Waals surface area contributed by atoms with Crippen LogP contribution in [0.4, 0.5) is 4.39 Å². The average Bonchev–Trinajstić information content (AvgIpc) is 3.21. The zero-order valence-electron chi connectivity index (χ0n) is 16.7. The standard InChI is InChI=1S/C21H19ClFN5OS/c1-4-5-18-26-28-19(24)15(20(29)25-21(28)30-18)9-13-8-11(2)27(12(13)3)14-6-7-17(23)16(22)10-14/h6-10,24H,4-5H2,1-3H3/b15-9+,24-19?. The largest absolute Gasteiger partial charge is 0.318 e. The Kier molecular flexibility index (Phi) is 5.38. The molecule has 4 rings (SSSR count). The third kappa shape index (κ3) is 3.50. The molecule has 1 amide bonds. The van der Waals surface area contributed by atoms with Crippen molar-refractivity contribution in [2.75, 3.05) is 0 Å². The number of amidine groups is 2. The van der Waals surface area contributed by atoms with E-state index in [2.05, 4.69) is 10.1 Å². The van der Waals surface area contributed by atoms with Crippen LogP contribution in [0, 0.1) is 25.1 Å². The lowest BCUT2D eigenvalue weighted by atomic mass is 10.1. The van der Waals surface area contributed by atoms with Gasteiger partial charge < -0.3 is 4.57 Å². The Morgan fingerprint density at radius 2 is 2.07 bits per heavy atom. The predicted octanol–water partition coefficient (Wildman–Crippen LogP) is 5.31. The lowest BCUT2D eigenvalue weighted by Crippen LogP contribution is -2.35. The van der Waals surface area contributed by atoms with Gasteiger partial charge in [-0.05, 0) is 74.4 Å². The van der Waals surface area contributed by atoms with E-state index in [9.17, 15) is 9.18 Å². The molecular formula is C21H19ClFN5OS. The minimum atomic E-state index is -0.480. The van der Waals surface area contributed by atoms with Gasteiger partial charge in [0, 0.05) is 17.1 Å². The van der Waals surface area contributed by atoms with Crippen molar-refractivity contribution in [3.63, 3.8) is 0 Å². The molecule has 6 nitrogen and oxygen atoms in total. The maximum Gasteiger partial charge on any atom is 0.283 e. The molecule has 9 heteroatoms. The van der Waals surface area contributed by atoms with Crippen molar-refractivity contribution in [3.05, 3.63) is 57.6 Å². The van der Waals surface area contributed by atoms with Crippen LogP contribution in [-0.4, -0.2) is 31.5 Å². The SMILES string of the molecule is CCCC1=NN2C(=N)/C(=C\c3cc(C)n(-c4ccc(F)c(Cl)c4)c3C)C(=O)N=C2S1. The Labute approximate surface area is 182 Å². The predicted molar refractivity (Wildman–Crippen MR) is 120 cm³/mol. The number of aliphatic imine (C=N–C) groups is 1. The Morgan fingerprint density at radius 3 is 2.77 bits per heavy atom. The van der Waals surface area contributed by atoms with Crippen LogP contribution in [0.1, 0.15) is 36.7 Å². The van der Waals surface area contributed by atoms with Crippen molar-refractivity contribution in [2.24, 2.45) is 10.1 Å². The molecule has 1 aromatic heterocycles. The normalized spacial score (nSPS) is 17.5. The number of amides is 1. The van der Waals surface area contributed by atoms with Crippen LogP contribution in [0.3, 0.4) is 0 Å². The topological polar surface area (TPSA) is 73.8 Å². The highest BCUT2D eigenvalue weighted by Crippen LogP contribution is 2.31. The van der Waals surface area contributed by atoms with Gasteiger partial charge in [-0.15, -0.1) is 0 Å². The van der Waals surface area contributed by atoms with Gasteiger partial charge in [-0.2, -0.15) is 15.1 Å². The summed E-state index contributed by atoms with van der Waals surface area (Å²) in [6, 6.07) is 6.43. The molecule has 1 aromatic carbocycles. The molecule has 3 heterocycles. The number of thioether (sulfide) groups is 1. The fraction of sp³-hybridized carbons (Fsp3) is 0.238. The van der Waals surface area contributed by atoms with Gasteiger partial charge in [0.25, 0.3) is 5.91 Å². The van der Waals surface area contributed by atoms with E-state index < -0.39 is 11.7 Å². The molecule has 30 heavy (non-hydrogen) atoms. The summed E-state index contributed by atoms with van der Waals surface area (Å²) in [5.74, 6) is -0.925. The Morgan fingerprint density at radius 1 is 1.30 bits per heavy atom. The molecule has 2 aliphatic rings. The first kappa shape index (κ1) is 20.6. The fourth-order valence-corrected chi connectivity index (χ4v) is 4.62. The van der Waals surface area contributed by atoms with Gasteiger partial charge in [0.2, 0.25) is 5.17 Å². The van der Waals surface area contributed by atoms with E-state index in [0.29, 0.717) is 5.17 Å². The van der Waals surface area contributed by atoms with Gasteiger partial charge in [0.1, 0.15) is 10.9 Å². The van der Waals surface area contributed by atoms with E-state index in [1.807, 2.05) is 31.4 Å². The van der Waals surface area contributed by atoms with Crippen LogP contribution in [-0.2, 0) is 4.79 Å². The maximum atomic E-state index is 13.6. The number of rotatable bonds is 4. The third-order valence-electron chi connectivity index (χ3n) is 4.89. The highest BCUT2D eigenvalue weighted by Gasteiger charge is 2.35. The van der Waals surface area contributed by atoms with Crippen molar-refractivity contribution in [3.8, 4) is 5.69 Å². The van der Waals surface area contributed by atoms with Gasteiger partial charge >= 0.3 is 0 Å². The summed E-state index contributed by atoms with van der Waals surface area (Å²) in [6.07, 6.45) is 3.37. The molecule has 0 saturated heterocycles. The molecule has 1 N–H and O–H groups in total. The second-order valence-electron chi connectivity index (χ2n) is 7.02. The summed E-state index contributed by atoms with van der Waals surface area (Å²) in [7, 11) is 0. The molecular weight excluding hydrogens is 425 g/mol. The fourth-order valence-electron chi connectivity index (χ4n) is 3.46. The number of halogens is 2. The Balaban J connectivity index is 1.73. The zero-order valence-corrected chi connectivity index (χ0v) is 18.2. The monoisotopic (exact) mass is 443 g/mol. The van der Waals surface area contributed by atoms with Crippen LogP contribution >= 0.6 is 23.4 Å². The van der Waals surface area contributed by atoms with Crippen LogP contribution in [0.25, 0.3) is 11.8 Å². The number of nitrogens with zero attached hydrogens (tertiary/aromatic N) is 4. The number of hydrogen-bond acceptors (Lipinski definition) is 4. The van der Waals surface area contributed by atoms with E-state index >= 15 is 0 Å². The van der Waals surface area contributed by atoms with Crippen LogP contribution in [0.2, 0.25) is 5.02 Å². The molecule has 0 radical (unpaired) electrons. The van der Waals surface area contributed by atoms with Crippen molar-refractivity contribution in [2.45, 2.75) is 33.6 Å². The molecule has 0 atom stereocenters. The summed E-state index contributed by atoms with van der Waals surface area (Å²) < 4.78 is 15.5. The first-order valence-corrected chi connectivity index (χ1v) is 10.6. The smallest absolute Gasteiger partial charge is 0.283 e. The second kappa shape index (κ2) is 7.85. The average molecular weight is 444 g/mol. The van der Waals surface area contributed by atoms with Crippen molar-refractivity contribution >= 4 is 51.4 Å². The Hall–Kier alpha value is -2.71. The number of carbonyl (C=O) groups excluding carboxylic acids is 1. The van der Waals surface area contributed by atoms with Gasteiger partial charge in [-0.25, -0.2) is 4.39 Å². The molecule has 2 aromatic rings. The van der Waals surface area contributed by atoms with E-state index in [-0.39, 0.29) is 16.4 Å². The number of aromatic nitrogens is 1. The molecule has 0 spiro atoms. The van der Waals surface area contributed by atoms with Crippen LogP contribution in [0.15, 0.2) is 39.9 Å². The summed E-state index contributed by atoms with van der Waals surface area (Å²) >= 11 is 7.28. The molecule has 2 aliphatic heterocycles. The lowest BCUT2D eigenvalue weighted by Gasteiger charge is -2.20. The summed E-state index contributed by atoms with van der Waals surface area (Å²) in [5.41, 5.74) is 3.39. The molecule has 0 saturated carbocycles. The highest BCUT2D eigenvalue weighted by atomic mass is 35.5. The molecule has 0 aliphatic carbocycles. The Bertz CT molecular complexity index is 1180. The highest BCUT2D eigenvalue weighted by molar-refractivity contribution is 8.26. The second-order valence-corrected chi connectivity index (χ2v) is 8.47. The van der Waals surface area contributed by atoms with E-state index in [1.54, 1.807) is 18.2 Å². The van der Waals surface area contributed by atoms with Crippen LogP contribution in [0.5, 0.6) is 0 Å².